The number of aromatic nitrogens is 1. The third kappa shape index (κ3) is 3.65. The van der Waals surface area contributed by atoms with E-state index in [1.165, 1.54) is 13.3 Å². The van der Waals surface area contributed by atoms with Gasteiger partial charge in [-0.3, -0.25) is 9.59 Å². The lowest BCUT2D eigenvalue weighted by Gasteiger charge is -2.05. The number of benzene rings is 1. The summed E-state index contributed by atoms with van der Waals surface area (Å²) in [7, 11) is 1.36. The Morgan fingerprint density at radius 2 is 1.95 bits per heavy atom. The van der Waals surface area contributed by atoms with Gasteiger partial charge in [0.2, 0.25) is 5.88 Å². The van der Waals surface area contributed by atoms with Crippen LogP contribution in [0.4, 0.5) is 0 Å². The van der Waals surface area contributed by atoms with Crippen molar-refractivity contribution in [2.45, 2.75) is 6.42 Å². The van der Waals surface area contributed by atoms with Crippen LogP contribution in [0.1, 0.15) is 15.9 Å². The topological polar surface area (TPSA) is 65.5 Å². The Morgan fingerprint density at radius 3 is 2.50 bits per heavy atom. The number of esters is 1. The second kappa shape index (κ2) is 6.47. The maximum Gasteiger partial charge on any atom is 0.309 e. The van der Waals surface area contributed by atoms with Gasteiger partial charge in [-0.15, -0.1) is 0 Å². The van der Waals surface area contributed by atoms with Gasteiger partial charge in [-0.25, -0.2) is 4.98 Å². The van der Waals surface area contributed by atoms with Gasteiger partial charge in [0.1, 0.15) is 5.75 Å². The molecule has 0 aliphatic heterocycles. The molecule has 0 spiro atoms. The van der Waals surface area contributed by atoms with Crippen LogP contribution in [0.25, 0.3) is 0 Å². The SMILES string of the molecule is COC(=O)Cc1ccc(Oc2ccc(C=O)cn2)cc1. The average molecular weight is 271 g/mol. The Labute approximate surface area is 116 Å². The van der Waals surface area contributed by atoms with Crippen LogP contribution in [0.3, 0.4) is 0 Å². The summed E-state index contributed by atoms with van der Waals surface area (Å²) in [6, 6.07) is 10.3. The van der Waals surface area contributed by atoms with Crippen molar-refractivity contribution >= 4 is 12.3 Å². The number of methoxy groups -OCH3 is 1. The molecule has 5 heteroatoms. The van der Waals surface area contributed by atoms with E-state index < -0.39 is 0 Å². The maximum absolute atomic E-state index is 11.1. The van der Waals surface area contributed by atoms with Crippen LogP contribution in [0.5, 0.6) is 11.6 Å². The molecule has 2 rings (SSSR count). The van der Waals surface area contributed by atoms with Gasteiger partial charge >= 0.3 is 5.97 Å². The fourth-order valence-corrected chi connectivity index (χ4v) is 1.56. The highest BCUT2D eigenvalue weighted by Gasteiger charge is 2.04. The number of hydrogen-bond acceptors (Lipinski definition) is 5. The van der Waals surface area contributed by atoms with E-state index in [2.05, 4.69) is 9.72 Å². The van der Waals surface area contributed by atoms with Gasteiger partial charge in [0.05, 0.1) is 13.5 Å². The van der Waals surface area contributed by atoms with Gasteiger partial charge < -0.3 is 9.47 Å². The molecular formula is C15H13NO4. The molecule has 0 amide bonds. The highest BCUT2D eigenvalue weighted by molar-refractivity contribution is 5.74. The zero-order valence-corrected chi connectivity index (χ0v) is 10.9. The van der Waals surface area contributed by atoms with Gasteiger partial charge in [-0.05, 0) is 23.8 Å². The number of nitrogens with zero attached hydrogens (tertiary/aromatic N) is 1. The molecule has 1 aromatic carbocycles. The predicted molar refractivity (Wildman–Crippen MR) is 71.9 cm³/mol. The average Bonchev–Trinajstić information content (AvgIpc) is 2.50. The number of rotatable bonds is 5. The summed E-state index contributed by atoms with van der Waals surface area (Å²) < 4.78 is 10.1. The molecule has 20 heavy (non-hydrogen) atoms. The van der Waals surface area contributed by atoms with Gasteiger partial charge in [-0.2, -0.15) is 0 Å². The van der Waals surface area contributed by atoms with E-state index in [-0.39, 0.29) is 12.4 Å². The molecule has 0 aliphatic rings. The molecular weight excluding hydrogens is 258 g/mol. The van der Waals surface area contributed by atoms with Crippen molar-refractivity contribution in [3.63, 3.8) is 0 Å². The highest BCUT2D eigenvalue weighted by Crippen LogP contribution is 2.19. The van der Waals surface area contributed by atoms with Crippen LogP contribution in [0.15, 0.2) is 42.6 Å². The van der Waals surface area contributed by atoms with Crippen LogP contribution in [0, 0.1) is 0 Å². The van der Waals surface area contributed by atoms with Crippen LogP contribution < -0.4 is 4.74 Å². The van der Waals surface area contributed by atoms with Crippen LogP contribution in [-0.2, 0) is 16.0 Å². The van der Waals surface area contributed by atoms with E-state index in [0.29, 0.717) is 17.2 Å². The maximum atomic E-state index is 11.1. The fourth-order valence-electron chi connectivity index (χ4n) is 1.56. The summed E-state index contributed by atoms with van der Waals surface area (Å²) in [5, 5.41) is 0. The van der Waals surface area contributed by atoms with E-state index in [4.69, 9.17) is 4.74 Å². The van der Waals surface area contributed by atoms with E-state index in [1.54, 1.807) is 36.4 Å². The fraction of sp³-hybridized carbons (Fsp3) is 0.133. The molecule has 0 unspecified atom stereocenters. The first-order valence-electron chi connectivity index (χ1n) is 5.96. The number of pyridine rings is 1. The Morgan fingerprint density at radius 1 is 1.20 bits per heavy atom. The molecule has 102 valence electrons. The minimum atomic E-state index is -0.287. The molecule has 5 nitrogen and oxygen atoms in total. The van der Waals surface area contributed by atoms with Crippen LogP contribution in [0.2, 0.25) is 0 Å². The smallest absolute Gasteiger partial charge is 0.309 e. The lowest BCUT2D eigenvalue weighted by molar-refractivity contribution is -0.139. The van der Waals surface area contributed by atoms with Crippen molar-refractivity contribution in [2.24, 2.45) is 0 Å². The standard InChI is InChI=1S/C15H13NO4/c1-19-15(18)8-11-2-5-13(6-3-11)20-14-7-4-12(10-17)9-16-14/h2-7,9-10H,8H2,1H3. The molecule has 2 aromatic rings. The minimum Gasteiger partial charge on any atom is -0.469 e. The Kier molecular flexibility index (Phi) is 4.44. The number of aldehydes is 1. The molecule has 0 saturated heterocycles. The molecule has 0 atom stereocenters. The van der Waals surface area contributed by atoms with E-state index in [1.807, 2.05) is 0 Å². The molecule has 0 radical (unpaired) electrons. The molecule has 0 bridgehead atoms. The van der Waals surface area contributed by atoms with E-state index in [9.17, 15) is 9.59 Å². The molecule has 0 N–H and O–H groups in total. The zero-order chi connectivity index (χ0) is 14.4. The lowest BCUT2D eigenvalue weighted by atomic mass is 10.1. The molecule has 0 aliphatic carbocycles. The largest absolute Gasteiger partial charge is 0.469 e. The van der Waals surface area contributed by atoms with Crippen molar-refractivity contribution in [1.82, 2.24) is 4.98 Å². The summed E-state index contributed by atoms with van der Waals surface area (Å²) in [6.45, 7) is 0. The molecule has 0 saturated carbocycles. The zero-order valence-electron chi connectivity index (χ0n) is 10.9. The van der Waals surface area contributed by atoms with Crippen LogP contribution >= 0.6 is 0 Å². The predicted octanol–water partition coefficient (Wildman–Crippen LogP) is 2.40. The third-order valence-corrected chi connectivity index (χ3v) is 2.62. The normalized spacial score (nSPS) is 9.85. The van der Waals surface area contributed by atoms with Crippen molar-refractivity contribution < 1.29 is 19.1 Å². The monoisotopic (exact) mass is 271 g/mol. The van der Waals surface area contributed by atoms with Crippen molar-refractivity contribution in [2.75, 3.05) is 7.11 Å². The number of hydrogen-bond donors (Lipinski definition) is 0. The molecule has 1 heterocycles. The number of ether oxygens (including phenoxy) is 2. The second-order valence-electron chi connectivity index (χ2n) is 4.05. The summed E-state index contributed by atoms with van der Waals surface area (Å²) in [5.74, 6) is 0.714. The van der Waals surface area contributed by atoms with Crippen molar-refractivity contribution in [3.8, 4) is 11.6 Å². The second-order valence-corrected chi connectivity index (χ2v) is 4.05. The van der Waals surface area contributed by atoms with Crippen molar-refractivity contribution in [1.29, 1.82) is 0 Å². The molecule has 1 aromatic heterocycles. The number of carbonyl (C=O) groups is 2. The lowest BCUT2D eigenvalue weighted by Crippen LogP contribution is -2.04. The van der Waals surface area contributed by atoms with E-state index in [0.717, 1.165) is 11.8 Å². The van der Waals surface area contributed by atoms with Gasteiger partial charge in [0.15, 0.2) is 6.29 Å². The summed E-state index contributed by atoms with van der Waals surface area (Å²) >= 11 is 0. The third-order valence-electron chi connectivity index (χ3n) is 2.62. The Hall–Kier alpha value is -2.69. The quantitative estimate of drug-likeness (QED) is 0.617. The summed E-state index contributed by atoms with van der Waals surface area (Å²) in [4.78, 5) is 25.6. The van der Waals surface area contributed by atoms with Gasteiger partial charge in [0.25, 0.3) is 0 Å². The summed E-state index contributed by atoms with van der Waals surface area (Å²) in [5.41, 5.74) is 1.33. The van der Waals surface area contributed by atoms with Gasteiger partial charge in [-0.1, -0.05) is 12.1 Å². The Balaban J connectivity index is 2.02. The van der Waals surface area contributed by atoms with Crippen molar-refractivity contribution in [3.05, 3.63) is 53.7 Å². The van der Waals surface area contributed by atoms with Crippen LogP contribution in [-0.4, -0.2) is 24.3 Å². The first-order valence-corrected chi connectivity index (χ1v) is 5.96. The highest BCUT2D eigenvalue weighted by atomic mass is 16.5. The molecule has 0 fully saturated rings. The first-order chi connectivity index (χ1) is 9.71. The number of carbonyl (C=O) groups excluding carboxylic acids is 2. The van der Waals surface area contributed by atoms with E-state index >= 15 is 0 Å². The minimum absolute atomic E-state index is 0.225. The summed E-state index contributed by atoms with van der Waals surface area (Å²) in [6.07, 6.45) is 2.38. The Bertz CT molecular complexity index is 590. The first kappa shape index (κ1) is 13.7. The van der Waals surface area contributed by atoms with Gasteiger partial charge in [0, 0.05) is 17.8 Å².